The first kappa shape index (κ1) is 81.4. The number of nitrogen functional groups attached to an aromatic ring is 1. The maximum Gasteiger partial charge on any atom is 0.337 e. The Morgan fingerprint density at radius 2 is 0.606 bits per heavy atom. The first-order valence-corrected chi connectivity index (χ1v) is 38.1. The number of hydrogen-bond donors (Lipinski definition) is 2. The molecule has 11 nitrogen and oxygen atoms in total. The van der Waals surface area contributed by atoms with Crippen LogP contribution in [0.3, 0.4) is 0 Å². The van der Waals surface area contributed by atoms with E-state index < -0.39 is 5.97 Å². The highest BCUT2D eigenvalue weighted by Crippen LogP contribution is 2.51. The maximum atomic E-state index is 11.7. The molecule has 0 unspecified atom stereocenters. The van der Waals surface area contributed by atoms with Crippen molar-refractivity contribution in [1.29, 1.82) is 0 Å². The van der Waals surface area contributed by atoms with Crippen LogP contribution in [0.15, 0.2) is 170 Å². The average Bonchev–Trinajstić information content (AvgIpc) is 0.775. The van der Waals surface area contributed by atoms with Gasteiger partial charge in [-0.15, -0.1) is 0 Å². The second kappa shape index (κ2) is 32.6. The highest BCUT2D eigenvalue weighted by Gasteiger charge is 2.41. The molecule has 554 valence electrons. The zero-order valence-electron chi connectivity index (χ0n) is 66.1. The van der Waals surface area contributed by atoms with Crippen LogP contribution >= 0.6 is 22.6 Å². The van der Waals surface area contributed by atoms with Crippen molar-refractivity contribution < 1.29 is 38.5 Å². The van der Waals surface area contributed by atoms with Crippen LogP contribution in [0, 0.1) is 3.57 Å². The lowest BCUT2D eigenvalue weighted by Crippen LogP contribution is -2.34. The van der Waals surface area contributed by atoms with Gasteiger partial charge in [0.05, 0.1) is 43.6 Å². The van der Waals surface area contributed by atoms with Gasteiger partial charge in [0.25, 0.3) is 0 Å². The number of hydrogen-bond acceptors (Lipinski definition) is 10. The summed E-state index contributed by atoms with van der Waals surface area (Å²) in [4.78, 5) is 49.8. The third kappa shape index (κ3) is 19.1. The standard InChI is InChI=1S/C24H31NO2.C23H29NO2.C23H28O2.C14H21N.C8H7IO2/c1-7-25(18-10-8-17(9-11-18)22(26)27-6)19-12-13-20-21(16-19)24(4,5)15-14-23(20,2)3;1-6-24(17-9-7-16(8-10-17)21(25)26)18-11-12-19-20(15-18)23(4,5)14-13-22(19,2)3;1-22(2)12-13-23(3,4)20-15-17(8-11-19(20)22)14-16-6-9-18(10-7-16)21(24)25-5;1-13(2)7-8-14(3,4)12-9-10(15)5-6-11(12)13;1-11-8(10)6-2-4-7(9)5-3-6/h8-13,16H,7,14-15H2,1-6H3;7-12,15H,6,13-14H2,1-5H3,(H,25,26);6-11,15H,12-14H2,1-5H3;5-6,9H,7-8,15H2,1-4H3;2-5H,1H3. The van der Waals surface area contributed by atoms with Crippen LogP contribution in [0.5, 0.6) is 0 Å². The minimum atomic E-state index is -0.891. The van der Waals surface area contributed by atoms with Crippen molar-refractivity contribution in [2.45, 2.75) is 226 Å². The quantitative estimate of drug-likeness (QED) is 0.0521. The summed E-state index contributed by atoms with van der Waals surface area (Å²) in [6.45, 7) is 43.4. The Kier molecular flexibility index (Phi) is 25.6. The molecule has 0 radical (unpaired) electrons. The highest BCUT2D eigenvalue weighted by molar-refractivity contribution is 14.1. The van der Waals surface area contributed by atoms with E-state index in [-0.39, 0.29) is 55.8 Å². The molecule has 4 aliphatic rings. The predicted octanol–water partition coefficient (Wildman–Crippen LogP) is 23.0. The van der Waals surface area contributed by atoms with E-state index in [1.54, 1.807) is 24.3 Å². The van der Waals surface area contributed by atoms with Crippen molar-refractivity contribution in [3.8, 4) is 0 Å². The van der Waals surface area contributed by atoms with Gasteiger partial charge in [-0.2, -0.15) is 0 Å². The van der Waals surface area contributed by atoms with Crippen molar-refractivity contribution in [2.24, 2.45) is 0 Å². The number of halogens is 1. The number of anilines is 5. The summed E-state index contributed by atoms with van der Waals surface area (Å²) in [5.41, 5.74) is 29.5. The fourth-order valence-corrected chi connectivity index (χ4v) is 15.7. The molecule has 0 spiro atoms. The molecular weight excluding hydrogens is 1400 g/mol. The molecule has 0 amide bonds. The number of nitrogens with zero attached hydrogens (tertiary/aromatic N) is 2. The van der Waals surface area contributed by atoms with Crippen LogP contribution in [0.4, 0.5) is 28.4 Å². The SMILES string of the molecule is CC1(C)CCC(C)(C)c2cc(N)ccc21.CCN(c1ccc(C(=O)O)cc1)c1ccc2c(c1)C(C)(C)CCC2(C)C.CCN(c1ccc(C(=O)OC)cc1)c1ccc2c(c1)C(C)(C)CCC2(C)C.COC(=O)c1ccc(Cc2ccc3c(c2)C(C)(C)CCC3(C)C)cc1.COC(=O)c1ccc(I)cc1. The molecule has 0 saturated heterocycles. The molecule has 12 heteroatoms. The Morgan fingerprint density at radius 3 is 0.933 bits per heavy atom. The summed E-state index contributed by atoms with van der Waals surface area (Å²) < 4.78 is 15.2. The van der Waals surface area contributed by atoms with Crippen LogP contribution in [-0.4, -0.2) is 63.4 Å². The normalized spacial score (nSPS) is 17.2. The van der Waals surface area contributed by atoms with E-state index in [1.807, 2.05) is 78.9 Å². The summed E-state index contributed by atoms with van der Waals surface area (Å²) in [6.07, 6.45) is 10.7. The number of carboxylic acids is 1. The Labute approximate surface area is 636 Å². The zero-order chi connectivity index (χ0) is 76.7. The summed E-state index contributed by atoms with van der Waals surface area (Å²) in [5, 5.41) is 9.11. The fourth-order valence-electron chi connectivity index (χ4n) is 15.4. The highest BCUT2D eigenvalue weighted by atomic mass is 127. The molecule has 8 aromatic carbocycles. The minimum Gasteiger partial charge on any atom is -0.478 e. The van der Waals surface area contributed by atoms with Gasteiger partial charge in [-0.1, -0.05) is 159 Å². The van der Waals surface area contributed by atoms with Crippen LogP contribution in [0.2, 0.25) is 0 Å². The minimum absolute atomic E-state index is 0.174. The number of fused-ring (bicyclic) bond motifs is 4. The fraction of sp³-hybridized carbons (Fsp3) is 0.435. The largest absolute Gasteiger partial charge is 0.478 e. The molecule has 0 fully saturated rings. The van der Waals surface area contributed by atoms with E-state index in [9.17, 15) is 19.2 Å². The molecule has 0 atom stereocenters. The molecule has 0 bridgehead atoms. The van der Waals surface area contributed by atoms with Gasteiger partial charge < -0.3 is 34.9 Å². The molecule has 0 aliphatic heterocycles. The van der Waals surface area contributed by atoms with Gasteiger partial charge in [0, 0.05) is 45.1 Å². The van der Waals surface area contributed by atoms with E-state index in [4.69, 9.17) is 20.3 Å². The number of aromatic carboxylic acids is 1. The van der Waals surface area contributed by atoms with Crippen LogP contribution in [0.25, 0.3) is 0 Å². The lowest BCUT2D eigenvalue weighted by molar-refractivity contribution is 0.0592. The number of ether oxygens (including phenoxy) is 3. The first-order valence-electron chi connectivity index (χ1n) is 37.1. The number of carbonyl (C=O) groups is 4. The van der Waals surface area contributed by atoms with E-state index in [0.717, 1.165) is 40.1 Å². The summed E-state index contributed by atoms with van der Waals surface area (Å²) in [7, 11) is 4.19. The number of esters is 3. The van der Waals surface area contributed by atoms with Gasteiger partial charge in [-0.3, -0.25) is 0 Å². The van der Waals surface area contributed by atoms with Crippen molar-refractivity contribution >= 4 is 74.9 Å². The number of carbonyl (C=O) groups excluding carboxylic acids is 3. The van der Waals surface area contributed by atoms with E-state index in [1.165, 1.54) is 140 Å². The average molecular weight is 1520 g/mol. The molecule has 3 N–H and O–H groups in total. The number of nitrogens with two attached hydrogens (primary N) is 1. The number of rotatable bonds is 12. The Balaban J connectivity index is 0.000000170. The van der Waals surface area contributed by atoms with Gasteiger partial charge in [0.15, 0.2) is 0 Å². The van der Waals surface area contributed by atoms with Gasteiger partial charge in [0.1, 0.15) is 0 Å². The number of benzene rings is 8. The molecule has 8 aromatic rings. The van der Waals surface area contributed by atoms with E-state index >= 15 is 0 Å². The Morgan fingerprint density at radius 1 is 0.346 bits per heavy atom. The van der Waals surface area contributed by atoms with E-state index in [2.05, 4.69) is 228 Å². The number of carboxylic acid groups (broad SMARTS) is 1. The van der Waals surface area contributed by atoms with Crippen molar-refractivity contribution in [1.82, 2.24) is 0 Å². The predicted molar refractivity (Wildman–Crippen MR) is 439 cm³/mol. The van der Waals surface area contributed by atoms with Crippen LogP contribution in [0.1, 0.15) is 273 Å². The molecule has 0 heterocycles. The Hall–Kier alpha value is -8.23. The van der Waals surface area contributed by atoms with Gasteiger partial charge in [-0.25, -0.2) is 19.2 Å². The molecule has 0 saturated carbocycles. The van der Waals surface area contributed by atoms with E-state index in [0.29, 0.717) is 27.7 Å². The number of methoxy groups -OCH3 is 3. The monoisotopic (exact) mass is 1520 g/mol. The second-order valence-corrected chi connectivity index (χ2v) is 35.2. The third-order valence-corrected chi connectivity index (χ3v) is 23.5. The van der Waals surface area contributed by atoms with Gasteiger partial charge >= 0.3 is 23.9 Å². The van der Waals surface area contributed by atoms with Crippen molar-refractivity contribution in [3.05, 3.63) is 251 Å². The molecule has 104 heavy (non-hydrogen) atoms. The smallest absolute Gasteiger partial charge is 0.337 e. The maximum absolute atomic E-state index is 11.7. The van der Waals surface area contributed by atoms with Gasteiger partial charge in [-0.05, 0) is 315 Å². The van der Waals surface area contributed by atoms with Crippen LogP contribution in [-0.2, 0) is 64.0 Å². The third-order valence-electron chi connectivity index (χ3n) is 22.8. The van der Waals surface area contributed by atoms with Crippen molar-refractivity contribution in [2.75, 3.05) is 50.0 Å². The molecular formula is C92H116IN3O8. The summed E-state index contributed by atoms with van der Waals surface area (Å²) >= 11 is 2.18. The van der Waals surface area contributed by atoms with Gasteiger partial charge in [0.2, 0.25) is 0 Å². The topological polar surface area (TPSA) is 149 Å². The lowest BCUT2D eigenvalue weighted by atomic mass is 9.63. The Bertz CT molecular complexity index is 4330. The lowest BCUT2D eigenvalue weighted by Gasteiger charge is -2.42. The first-order chi connectivity index (χ1) is 48.6. The van der Waals surface area contributed by atoms with Crippen molar-refractivity contribution in [3.63, 3.8) is 0 Å². The zero-order valence-corrected chi connectivity index (χ0v) is 68.3. The molecule has 0 aromatic heterocycles. The molecule has 4 aliphatic carbocycles. The summed E-state index contributed by atoms with van der Waals surface area (Å²) in [6, 6.07) is 56.8. The molecule has 12 rings (SSSR count). The van der Waals surface area contributed by atoms with Crippen LogP contribution < -0.4 is 15.5 Å². The summed E-state index contributed by atoms with van der Waals surface area (Å²) in [5.74, 6) is -1.77. The second-order valence-electron chi connectivity index (χ2n) is 34.0.